The van der Waals surface area contributed by atoms with Crippen LogP contribution in [-0.2, 0) is 16.1 Å². The van der Waals surface area contributed by atoms with Gasteiger partial charge in [0.2, 0.25) is 0 Å². The van der Waals surface area contributed by atoms with Gasteiger partial charge in [-0.15, -0.1) is 0 Å². The Bertz CT molecular complexity index is 1390. The molecule has 4 heteroatoms. The van der Waals surface area contributed by atoms with E-state index >= 15 is 0 Å². The molecule has 0 heterocycles. The van der Waals surface area contributed by atoms with E-state index in [1.807, 2.05) is 18.2 Å². The monoisotopic (exact) mass is 567 g/mol. The standard InChI is InChI=1S/C24H20B.C15H22NO2/c1-5-13-21(14-6-1)25(22-15-7-2-8-16-22,23-17-9-3-10-18-23)24-19-11-4-12-20-24;1-13(2)15(17)18-11-10-16(3,4)12-14-8-6-5-7-9-14/h1-20H;5-9H,1,10-12H2,2-4H3/q-1;+1. The molecule has 0 aliphatic heterocycles. The van der Waals surface area contributed by atoms with Gasteiger partial charge >= 0.3 is 5.97 Å². The van der Waals surface area contributed by atoms with E-state index in [0.29, 0.717) is 12.2 Å². The molecule has 5 aromatic carbocycles. The Morgan fingerprint density at radius 3 is 1.26 bits per heavy atom. The number of carbonyl (C=O) groups is 1. The van der Waals surface area contributed by atoms with E-state index in [4.69, 9.17) is 4.74 Å². The fourth-order valence-electron chi connectivity index (χ4n) is 5.79. The molecule has 0 atom stereocenters. The van der Waals surface area contributed by atoms with Crippen LogP contribution in [0.2, 0.25) is 0 Å². The molecule has 3 nitrogen and oxygen atoms in total. The minimum atomic E-state index is -1.22. The van der Waals surface area contributed by atoms with Gasteiger partial charge in [-0.25, -0.2) is 4.79 Å². The average Bonchev–Trinajstić information content (AvgIpc) is 3.04. The van der Waals surface area contributed by atoms with E-state index in [2.05, 4.69) is 154 Å². The van der Waals surface area contributed by atoms with Crippen LogP contribution < -0.4 is 21.9 Å². The van der Waals surface area contributed by atoms with E-state index < -0.39 is 6.15 Å². The zero-order chi connectivity index (χ0) is 30.5. The molecule has 0 spiro atoms. The molecule has 0 unspecified atom stereocenters. The molecular weight excluding hydrogens is 525 g/mol. The van der Waals surface area contributed by atoms with Crippen LogP contribution in [0.4, 0.5) is 0 Å². The average molecular weight is 568 g/mol. The van der Waals surface area contributed by atoms with Crippen LogP contribution in [0.15, 0.2) is 164 Å². The zero-order valence-corrected chi connectivity index (χ0v) is 25.6. The number of rotatable bonds is 10. The second-order valence-electron chi connectivity index (χ2n) is 11.7. The van der Waals surface area contributed by atoms with Gasteiger partial charge in [0.25, 0.3) is 0 Å². The topological polar surface area (TPSA) is 26.3 Å². The lowest BCUT2D eigenvalue weighted by molar-refractivity contribution is -0.903. The highest BCUT2D eigenvalue weighted by Crippen LogP contribution is 2.10. The highest BCUT2D eigenvalue weighted by atomic mass is 16.5. The van der Waals surface area contributed by atoms with Gasteiger partial charge in [-0.3, -0.25) is 0 Å². The van der Waals surface area contributed by atoms with Crippen LogP contribution >= 0.6 is 0 Å². The van der Waals surface area contributed by atoms with Gasteiger partial charge in [0.05, 0.1) is 14.1 Å². The molecule has 0 fully saturated rings. The van der Waals surface area contributed by atoms with Crippen molar-refractivity contribution in [1.82, 2.24) is 0 Å². The van der Waals surface area contributed by atoms with E-state index in [0.717, 1.165) is 17.6 Å². The van der Waals surface area contributed by atoms with Crippen LogP contribution in [0.1, 0.15) is 12.5 Å². The molecule has 218 valence electrons. The maximum Gasteiger partial charge on any atom is 0.333 e. The van der Waals surface area contributed by atoms with Gasteiger partial charge in [0.1, 0.15) is 25.8 Å². The van der Waals surface area contributed by atoms with Gasteiger partial charge in [-0.05, 0) is 6.92 Å². The summed E-state index contributed by atoms with van der Waals surface area (Å²) in [6.07, 6.45) is -1.22. The summed E-state index contributed by atoms with van der Waals surface area (Å²) >= 11 is 0. The number of likely N-dealkylation sites (N-methyl/N-ethyl adjacent to an activating group) is 1. The second-order valence-corrected chi connectivity index (χ2v) is 11.7. The maximum atomic E-state index is 11.3. The number of hydrogen-bond acceptors (Lipinski definition) is 2. The third kappa shape index (κ3) is 8.21. The summed E-state index contributed by atoms with van der Waals surface area (Å²) in [5, 5.41) is 0. The van der Waals surface area contributed by atoms with E-state index in [1.54, 1.807) is 6.92 Å². The first-order valence-electron chi connectivity index (χ1n) is 14.9. The van der Waals surface area contributed by atoms with Crippen molar-refractivity contribution < 1.29 is 14.0 Å². The van der Waals surface area contributed by atoms with Gasteiger partial charge in [-0.2, -0.15) is 21.9 Å². The van der Waals surface area contributed by atoms with Crippen molar-refractivity contribution in [2.45, 2.75) is 13.5 Å². The molecule has 0 saturated heterocycles. The van der Waals surface area contributed by atoms with Crippen molar-refractivity contribution in [2.75, 3.05) is 27.2 Å². The number of carbonyl (C=O) groups excluding carboxylic acids is 1. The molecule has 5 rings (SSSR count). The third-order valence-corrected chi connectivity index (χ3v) is 7.93. The Morgan fingerprint density at radius 2 is 0.930 bits per heavy atom. The predicted octanol–water partition coefficient (Wildman–Crippen LogP) is 5.45. The summed E-state index contributed by atoms with van der Waals surface area (Å²) in [7, 11) is 4.25. The first-order chi connectivity index (χ1) is 20.8. The minimum absolute atomic E-state index is 0.310. The van der Waals surface area contributed by atoms with Crippen molar-refractivity contribution in [1.29, 1.82) is 0 Å². The fourth-order valence-corrected chi connectivity index (χ4v) is 5.79. The summed E-state index contributed by atoms with van der Waals surface area (Å²) in [6.45, 7) is 7.35. The lowest BCUT2D eigenvalue weighted by Gasteiger charge is -2.44. The van der Waals surface area contributed by atoms with Crippen molar-refractivity contribution in [2.24, 2.45) is 0 Å². The Hall–Kier alpha value is -4.67. The maximum absolute atomic E-state index is 11.3. The fraction of sp³-hybridized carbons (Fsp3) is 0.154. The number of benzene rings is 5. The molecule has 5 aromatic rings. The van der Waals surface area contributed by atoms with Gasteiger partial charge < -0.3 is 9.22 Å². The van der Waals surface area contributed by atoms with Gasteiger partial charge in [0.15, 0.2) is 0 Å². The normalized spacial score (nSPS) is 11.1. The van der Waals surface area contributed by atoms with E-state index in [1.165, 1.54) is 27.4 Å². The summed E-state index contributed by atoms with van der Waals surface area (Å²) in [5.41, 5.74) is 7.09. The molecule has 43 heavy (non-hydrogen) atoms. The number of esters is 1. The molecule has 0 saturated carbocycles. The summed E-state index contributed by atoms with van der Waals surface area (Å²) in [5.74, 6) is -0.310. The highest BCUT2D eigenvalue weighted by Gasteiger charge is 2.31. The predicted molar refractivity (Wildman–Crippen MR) is 183 cm³/mol. The van der Waals surface area contributed by atoms with Crippen LogP contribution in [-0.4, -0.2) is 43.8 Å². The molecule has 0 aliphatic rings. The van der Waals surface area contributed by atoms with Gasteiger partial charge in [0, 0.05) is 11.1 Å². The Kier molecular flexibility index (Phi) is 10.9. The molecular formula is C39H42BNO2. The Balaban J connectivity index is 0.000000209. The largest absolute Gasteiger partial charge is 0.456 e. The first-order valence-corrected chi connectivity index (χ1v) is 14.9. The molecule has 0 N–H and O–H groups in total. The number of quaternary nitrogens is 1. The highest BCUT2D eigenvalue weighted by molar-refractivity contribution is 7.19. The van der Waals surface area contributed by atoms with Crippen molar-refractivity contribution in [3.63, 3.8) is 0 Å². The van der Waals surface area contributed by atoms with E-state index in [9.17, 15) is 4.79 Å². The summed E-state index contributed by atoms with van der Waals surface area (Å²) in [6, 6.07) is 53.8. The van der Waals surface area contributed by atoms with Crippen molar-refractivity contribution in [3.05, 3.63) is 169 Å². The SMILES string of the molecule is C=C(C)C(=O)OCC[N+](C)(C)Cc1ccccc1.c1ccc([B-](c2ccccc2)(c2ccccc2)c2ccccc2)cc1. The first kappa shape index (κ1) is 31.3. The van der Waals surface area contributed by atoms with Crippen LogP contribution in [0.5, 0.6) is 0 Å². The molecule has 0 bridgehead atoms. The number of hydrogen-bond donors (Lipinski definition) is 0. The quantitative estimate of drug-likeness (QED) is 0.0972. The Labute approximate surface area is 257 Å². The zero-order valence-electron chi connectivity index (χ0n) is 25.6. The lowest BCUT2D eigenvalue weighted by Crippen LogP contribution is -2.74. The number of nitrogens with zero attached hydrogens (tertiary/aromatic N) is 1. The van der Waals surface area contributed by atoms with Crippen molar-refractivity contribution >= 4 is 34.0 Å². The molecule has 0 aliphatic carbocycles. The summed E-state index contributed by atoms with van der Waals surface area (Å²) < 4.78 is 5.91. The Morgan fingerprint density at radius 1 is 0.605 bits per heavy atom. The van der Waals surface area contributed by atoms with Crippen LogP contribution in [0, 0.1) is 0 Å². The second kappa shape index (κ2) is 15.0. The van der Waals surface area contributed by atoms with E-state index in [-0.39, 0.29) is 5.97 Å². The summed E-state index contributed by atoms with van der Waals surface area (Å²) in [4.78, 5) is 11.3. The lowest BCUT2D eigenvalue weighted by atomic mass is 9.13. The molecule has 0 radical (unpaired) electrons. The van der Waals surface area contributed by atoms with Crippen LogP contribution in [0.25, 0.3) is 0 Å². The minimum Gasteiger partial charge on any atom is -0.456 e. The smallest absolute Gasteiger partial charge is 0.333 e. The molecule has 0 amide bonds. The number of ether oxygens (including phenoxy) is 1. The molecule has 0 aromatic heterocycles. The van der Waals surface area contributed by atoms with Gasteiger partial charge in [-0.1, -0.05) is 158 Å². The van der Waals surface area contributed by atoms with Crippen LogP contribution in [0.3, 0.4) is 0 Å². The van der Waals surface area contributed by atoms with Crippen molar-refractivity contribution in [3.8, 4) is 0 Å². The third-order valence-electron chi connectivity index (χ3n) is 7.93.